The predicted molar refractivity (Wildman–Crippen MR) is 82.8 cm³/mol. The van der Waals surface area contributed by atoms with Gasteiger partial charge < -0.3 is 15.1 Å². The number of nitrogens with zero attached hydrogens (tertiary/aromatic N) is 2. The zero-order valence-corrected chi connectivity index (χ0v) is 13.2. The van der Waals surface area contributed by atoms with E-state index in [1.807, 2.05) is 4.90 Å². The predicted octanol–water partition coefficient (Wildman–Crippen LogP) is 2.55. The van der Waals surface area contributed by atoms with E-state index in [1.165, 1.54) is 25.9 Å². The highest BCUT2D eigenvalue weighted by Gasteiger charge is 2.20. The first-order chi connectivity index (χ1) is 9.65. The van der Waals surface area contributed by atoms with Gasteiger partial charge in [0.25, 0.3) is 0 Å². The van der Waals surface area contributed by atoms with Gasteiger partial charge in [-0.2, -0.15) is 0 Å². The van der Waals surface area contributed by atoms with Crippen LogP contribution in [0.3, 0.4) is 0 Å². The lowest BCUT2D eigenvalue weighted by Crippen LogP contribution is -2.45. The van der Waals surface area contributed by atoms with Crippen LogP contribution in [0.4, 0.5) is 4.79 Å². The number of hydrogen-bond acceptors (Lipinski definition) is 2. The number of likely N-dealkylation sites (tertiary alicyclic amines) is 2. The second kappa shape index (κ2) is 7.87. The minimum atomic E-state index is 0.143. The van der Waals surface area contributed by atoms with Crippen molar-refractivity contribution in [3.8, 4) is 0 Å². The number of urea groups is 1. The third kappa shape index (κ3) is 4.97. The summed E-state index contributed by atoms with van der Waals surface area (Å²) < 4.78 is 0. The van der Waals surface area contributed by atoms with Crippen LogP contribution < -0.4 is 5.32 Å². The molecule has 116 valence electrons. The van der Waals surface area contributed by atoms with Crippen molar-refractivity contribution in [2.75, 3.05) is 39.3 Å². The number of nitrogens with one attached hydrogen (secondary N) is 1. The van der Waals surface area contributed by atoms with Gasteiger partial charge in [0.1, 0.15) is 0 Å². The molecule has 2 fully saturated rings. The molecule has 0 unspecified atom stereocenters. The van der Waals surface area contributed by atoms with Crippen LogP contribution >= 0.6 is 0 Å². The fourth-order valence-electron chi connectivity index (χ4n) is 3.11. The Balaban J connectivity index is 1.53. The maximum Gasteiger partial charge on any atom is 0.317 e. The highest BCUT2D eigenvalue weighted by Crippen LogP contribution is 2.16. The molecule has 0 aromatic rings. The lowest BCUT2D eigenvalue weighted by atomic mass is 9.99. The average Bonchev–Trinajstić information content (AvgIpc) is 2.46. The van der Waals surface area contributed by atoms with Crippen LogP contribution in [-0.4, -0.2) is 55.1 Å². The Morgan fingerprint density at radius 1 is 1.00 bits per heavy atom. The van der Waals surface area contributed by atoms with Crippen LogP contribution in [0.2, 0.25) is 0 Å². The van der Waals surface area contributed by atoms with Crippen molar-refractivity contribution in [3.63, 3.8) is 0 Å². The summed E-state index contributed by atoms with van der Waals surface area (Å²) >= 11 is 0. The molecule has 4 nitrogen and oxygen atoms in total. The van der Waals surface area contributed by atoms with E-state index in [2.05, 4.69) is 24.1 Å². The summed E-state index contributed by atoms with van der Waals surface area (Å²) in [4.78, 5) is 16.5. The number of piperidine rings is 2. The SMILES string of the molecule is CC1CCN(CCCNC(=O)N2CCC(C)CC2)CC1. The van der Waals surface area contributed by atoms with Gasteiger partial charge in [0.15, 0.2) is 0 Å². The Hall–Kier alpha value is -0.770. The number of amides is 2. The van der Waals surface area contributed by atoms with Crippen LogP contribution in [0.15, 0.2) is 0 Å². The van der Waals surface area contributed by atoms with Crippen LogP contribution in [0.1, 0.15) is 46.0 Å². The second-order valence-electron chi connectivity index (χ2n) is 6.78. The van der Waals surface area contributed by atoms with Crippen molar-refractivity contribution < 1.29 is 4.79 Å². The summed E-state index contributed by atoms with van der Waals surface area (Å²) in [6.45, 7) is 10.9. The lowest BCUT2D eigenvalue weighted by Gasteiger charge is -2.31. The third-order valence-electron chi connectivity index (χ3n) is 4.87. The maximum absolute atomic E-state index is 12.0. The van der Waals surface area contributed by atoms with E-state index in [0.29, 0.717) is 0 Å². The van der Waals surface area contributed by atoms with Crippen molar-refractivity contribution in [3.05, 3.63) is 0 Å². The van der Waals surface area contributed by atoms with Gasteiger partial charge in [-0.3, -0.25) is 0 Å². The van der Waals surface area contributed by atoms with Crippen LogP contribution in [0, 0.1) is 11.8 Å². The van der Waals surface area contributed by atoms with Crippen LogP contribution in [0.25, 0.3) is 0 Å². The van der Waals surface area contributed by atoms with E-state index in [0.717, 1.165) is 57.3 Å². The van der Waals surface area contributed by atoms with Crippen molar-refractivity contribution >= 4 is 6.03 Å². The Kier molecular flexibility index (Phi) is 6.14. The first-order valence-electron chi connectivity index (χ1n) is 8.40. The summed E-state index contributed by atoms with van der Waals surface area (Å²) in [6, 6.07) is 0.143. The van der Waals surface area contributed by atoms with Crippen LogP contribution in [-0.2, 0) is 0 Å². The number of carbonyl (C=O) groups is 1. The van der Waals surface area contributed by atoms with Gasteiger partial charge in [-0.1, -0.05) is 13.8 Å². The first kappa shape index (κ1) is 15.6. The molecule has 2 aliphatic rings. The summed E-state index contributed by atoms with van der Waals surface area (Å²) in [5, 5.41) is 3.08. The molecule has 20 heavy (non-hydrogen) atoms. The second-order valence-corrected chi connectivity index (χ2v) is 6.78. The zero-order valence-electron chi connectivity index (χ0n) is 13.2. The standard InChI is InChI=1S/C16H31N3O/c1-14-4-10-18(11-5-14)9-3-8-17-16(20)19-12-6-15(2)7-13-19/h14-15H,3-13H2,1-2H3,(H,17,20). The topological polar surface area (TPSA) is 35.6 Å². The smallest absolute Gasteiger partial charge is 0.317 e. The van der Waals surface area contributed by atoms with E-state index >= 15 is 0 Å². The van der Waals surface area contributed by atoms with E-state index in [1.54, 1.807) is 0 Å². The molecule has 2 amide bonds. The molecule has 0 aromatic heterocycles. The lowest BCUT2D eigenvalue weighted by molar-refractivity contribution is 0.170. The Morgan fingerprint density at radius 3 is 2.15 bits per heavy atom. The molecule has 0 radical (unpaired) electrons. The molecule has 0 saturated carbocycles. The van der Waals surface area contributed by atoms with Gasteiger partial charge in [0.2, 0.25) is 0 Å². The molecule has 2 saturated heterocycles. The molecule has 2 heterocycles. The summed E-state index contributed by atoms with van der Waals surface area (Å²) in [5.41, 5.74) is 0. The molecule has 0 bridgehead atoms. The molecule has 2 rings (SSSR count). The monoisotopic (exact) mass is 281 g/mol. The van der Waals surface area contributed by atoms with Crippen molar-refractivity contribution in [2.24, 2.45) is 11.8 Å². The van der Waals surface area contributed by atoms with Crippen molar-refractivity contribution in [1.29, 1.82) is 0 Å². The van der Waals surface area contributed by atoms with Gasteiger partial charge >= 0.3 is 6.03 Å². The molecule has 4 heteroatoms. The third-order valence-corrected chi connectivity index (χ3v) is 4.87. The molecule has 0 spiro atoms. The molecular formula is C16H31N3O. The molecule has 2 aliphatic heterocycles. The zero-order chi connectivity index (χ0) is 14.4. The number of rotatable bonds is 4. The van der Waals surface area contributed by atoms with Gasteiger partial charge in [0, 0.05) is 19.6 Å². The van der Waals surface area contributed by atoms with Gasteiger partial charge in [-0.05, 0) is 63.6 Å². The summed E-state index contributed by atoms with van der Waals surface area (Å²) in [5.74, 6) is 1.67. The number of hydrogen-bond donors (Lipinski definition) is 1. The normalized spacial score (nSPS) is 23.0. The van der Waals surface area contributed by atoms with Gasteiger partial charge in [0.05, 0.1) is 0 Å². The maximum atomic E-state index is 12.0. The fourth-order valence-corrected chi connectivity index (χ4v) is 3.11. The van der Waals surface area contributed by atoms with Crippen LogP contribution in [0.5, 0.6) is 0 Å². The summed E-state index contributed by atoms with van der Waals surface area (Å²) in [7, 11) is 0. The van der Waals surface area contributed by atoms with E-state index in [9.17, 15) is 4.79 Å². The average molecular weight is 281 g/mol. The Labute approximate surface area is 123 Å². The van der Waals surface area contributed by atoms with Gasteiger partial charge in [-0.15, -0.1) is 0 Å². The highest BCUT2D eigenvalue weighted by molar-refractivity contribution is 5.74. The largest absolute Gasteiger partial charge is 0.338 e. The van der Waals surface area contributed by atoms with Gasteiger partial charge in [-0.25, -0.2) is 4.79 Å². The minimum Gasteiger partial charge on any atom is -0.338 e. The molecule has 0 aromatic carbocycles. The summed E-state index contributed by atoms with van der Waals surface area (Å²) in [6.07, 6.45) is 6.04. The number of carbonyl (C=O) groups excluding carboxylic acids is 1. The molecule has 0 atom stereocenters. The van der Waals surface area contributed by atoms with Crippen molar-refractivity contribution in [1.82, 2.24) is 15.1 Å². The highest BCUT2D eigenvalue weighted by atomic mass is 16.2. The Morgan fingerprint density at radius 2 is 1.55 bits per heavy atom. The minimum absolute atomic E-state index is 0.143. The van der Waals surface area contributed by atoms with E-state index in [-0.39, 0.29) is 6.03 Å². The molecule has 1 N–H and O–H groups in total. The quantitative estimate of drug-likeness (QED) is 0.804. The van der Waals surface area contributed by atoms with Crippen molar-refractivity contribution in [2.45, 2.75) is 46.0 Å². The first-order valence-corrected chi connectivity index (χ1v) is 8.40. The van der Waals surface area contributed by atoms with E-state index in [4.69, 9.17) is 0 Å². The van der Waals surface area contributed by atoms with E-state index < -0.39 is 0 Å². The molecule has 0 aliphatic carbocycles. The molecular weight excluding hydrogens is 250 g/mol. The fraction of sp³-hybridized carbons (Fsp3) is 0.938. The Bertz CT molecular complexity index is 292.